The largest absolute Gasteiger partial charge is 0.343 e. The lowest BCUT2D eigenvalue weighted by atomic mass is 10.0. The second-order valence-corrected chi connectivity index (χ2v) is 9.19. The fraction of sp³-hybridized carbons (Fsp3) is 0.565. The molecule has 12 nitrogen and oxygen atoms in total. The molecule has 1 aliphatic rings. The number of nitrogens with one attached hydrogen (secondary N) is 3. The number of rotatable bonds is 10. The molecule has 12 heteroatoms. The number of carbonyl (C=O) groups is 4. The van der Waals surface area contributed by atoms with E-state index in [0.717, 1.165) is 0 Å². The Morgan fingerprint density at radius 3 is 2.26 bits per heavy atom. The summed E-state index contributed by atoms with van der Waals surface area (Å²) >= 11 is 0. The Hall–Kier alpha value is -3.54. The van der Waals surface area contributed by atoms with Gasteiger partial charge in [0.25, 0.3) is 5.69 Å². The Balaban J connectivity index is 2.08. The highest BCUT2D eigenvalue weighted by Gasteiger charge is 2.38. The first-order valence-electron chi connectivity index (χ1n) is 11.6. The summed E-state index contributed by atoms with van der Waals surface area (Å²) in [5.74, 6) is -1.70. The van der Waals surface area contributed by atoms with Gasteiger partial charge in [-0.1, -0.05) is 13.8 Å². The maximum absolute atomic E-state index is 13.1. The summed E-state index contributed by atoms with van der Waals surface area (Å²) < 4.78 is 0. The minimum atomic E-state index is -0.870. The molecule has 1 fully saturated rings. The van der Waals surface area contributed by atoms with Crippen LogP contribution in [0.25, 0.3) is 0 Å². The number of benzene rings is 1. The van der Waals surface area contributed by atoms with E-state index in [-0.39, 0.29) is 11.6 Å². The monoisotopic (exact) mass is 490 g/mol. The van der Waals surface area contributed by atoms with Gasteiger partial charge in [-0.2, -0.15) is 0 Å². The number of nitro groups is 1. The van der Waals surface area contributed by atoms with Crippen molar-refractivity contribution in [3.8, 4) is 0 Å². The van der Waals surface area contributed by atoms with Crippen LogP contribution in [-0.4, -0.2) is 64.2 Å². The number of anilines is 1. The average molecular weight is 491 g/mol. The van der Waals surface area contributed by atoms with Crippen LogP contribution in [0.15, 0.2) is 24.3 Å². The van der Waals surface area contributed by atoms with E-state index >= 15 is 0 Å². The van der Waals surface area contributed by atoms with Crippen molar-refractivity contribution in [1.29, 1.82) is 0 Å². The molecule has 35 heavy (non-hydrogen) atoms. The van der Waals surface area contributed by atoms with Crippen molar-refractivity contribution in [2.75, 3.05) is 11.9 Å². The lowest BCUT2D eigenvalue weighted by molar-refractivity contribution is -0.384. The van der Waals surface area contributed by atoms with Crippen LogP contribution >= 0.6 is 0 Å². The molecule has 0 bridgehead atoms. The molecule has 0 spiro atoms. The highest BCUT2D eigenvalue weighted by Crippen LogP contribution is 2.20. The minimum Gasteiger partial charge on any atom is -0.343 e. The van der Waals surface area contributed by atoms with Gasteiger partial charge in [0.15, 0.2) is 0 Å². The van der Waals surface area contributed by atoms with Crippen molar-refractivity contribution >= 4 is 35.0 Å². The molecule has 2 rings (SSSR count). The lowest BCUT2D eigenvalue weighted by Crippen LogP contribution is -2.56. The van der Waals surface area contributed by atoms with Gasteiger partial charge in [0.05, 0.1) is 11.0 Å². The summed E-state index contributed by atoms with van der Waals surface area (Å²) in [6.45, 7) is 7.22. The molecule has 1 saturated heterocycles. The predicted octanol–water partition coefficient (Wildman–Crippen LogP) is 0.907. The van der Waals surface area contributed by atoms with Crippen molar-refractivity contribution in [2.45, 2.75) is 71.1 Å². The third-order valence-corrected chi connectivity index (χ3v) is 5.67. The highest BCUT2D eigenvalue weighted by molar-refractivity contribution is 5.99. The van der Waals surface area contributed by atoms with E-state index in [2.05, 4.69) is 16.0 Å². The molecule has 0 aliphatic carbocycles. The molecule has 0 unspecified atom stereocenters. The number of nitrogens with two attached hydrogens (primary N) is 1. The van der Waals surface area contributed by atoms with E-state index in [1.165, 1.54) is 43.0 Å². The lowest BCUT2D eigenvalue weighted by Gasteiger charge is -2.29. The number of amides is 4. The number of likely N-dealkylation sites (tertiary alicyclic amines) is 1. The first-order valence-corrected chi connectivity index (χ1v) is 11.6. The molecule has 192 valence electrons. The molecule has 1 aromatic rings. The van der Waals surface area contributed by atoms with Crippen LogP contribution in [0.4, 0.5) is 11.4 Å². The van der Waals surface area contributed by atoms with Crippen LogP contribution in [0.5, 0.6) is 0 Å². The SMILES string of the molecule is CC(C)C[C@H](NC(=O)[C@@H]1CCCN1C(=O)[C@H](C)NC(=O)[C@H](C)N)C(=O)Nc1ccc([N+](=O)[O-])cc1. The third kappa shape index (κ3) is 7.74. The number of nitrogens with zero attached hydrogens (tertiary/aromatic N) is 2. The number of hydrogen-bond acceptors (Lipinski definition) is 7. The Kier molecular flexibility index (Phi) is 9.69. The van der Waals surface area contributed by atoms with E-state index in [1.54, 1.807) is 0 Å². The van der Waals surface area contributed by atoms with Crippen molar-refractivity contribution in [2.24, 2.45) is 11.7 Å². The zero-order chi connectivity index (χ0) is 26.3. The summed E-state index contributed by atoms with van der Waals surface area (Å²) in [7, 11) is 0. The van der Waals surface area contributed by atoms with Gasteiger partial charge in [0, 0.05) is 24.4 Å². The Labute approximate surface area is 204 Å². The van der Waals surface area contributed by atoms with E-state index < -0.39 is 52.7 Å². The second-order valence-electron chi connectivity index (χ2n) is 9.19. The molecule has 5 N–H and O–H groups in total. The van der Waals surface area contributed by atoms with Crippen LogP contribution in [0.3, 0.4) is 0 Å². The molecule has 4 atom stereocenters. The maximum Gasteiger partial charge on any atom is 0.269 e. The van der Waals surface area contributed by atoms with E-state index in [9.17, 15) is 29.3 Å². The van der Waals surface area contributed by atoms with Gasteiger partial charge in [-0.05, 0) is 51.2 Å². The molecule has 1 aromatic carbocycles. The molecular weight excluding hydrogens is 456 g/mol. The van der Waals surface area contributed by atoms with Crippen molar-refractivity contribution < 1.29 is 24.1 Å². The topological polar surface area (TPSA) is 177 Å². The number of nitro benzene ring substituents is 1. The zero-order valence-corrected chi connectivity index (χ0v) is 20.4. The number of carbonyl (C=O) groups excluding carboxylic acids is 4. The molecule has 0 radical (unpaired) electrons. The van der Waals surface area contributed by atoms with Gasteiger partial charge in [0.2, 0.25) is 23.6 Å². The van der Waals surface area contributed by atoms with E-state index in [0.29, 0.717) is 31.5 Å². The van der Waals surface area contributed by atoms with Crippen LogP contribution in [-0.2, 0) is 19.2 Å². The Bertz CT molecular complexity index is 948. The van der Waals surface area contributed by atoms with Gasteiger partial charge in [-0.25, -0.2) is 0 Å². The Morgan fingerprint density at radius 2 is 1.71 bits per heavy atom. The first kappa shape index (κ1) is 27.7. The molecule has 0 saturated carbocycles. The maximum atomic E-state index is 13.1. The molecule has 0 aromatic heterocycles. The third-order valence-electron chi connectivity index (χ3n) is 5.67. The second kappa shape index (κ2) is 12.2. The van der Waals surface area contributed by atoms with Crippen LogP contribution < -0.4 is 21.7 Å². The average Bonchev–Trinajstić information content (AvgIpc) is 3.28. The normalized spacial score (nSPS) is 17.9. The van der Waals surface area contributed by atoms with Gasteiger partial charge in [-0.15, -0.1) is 0 Å². The van der Waals surface area contributed by atoms with Gasteiger partial charge in [-0.3, -0.25) is 29.3 Å². The summed E-state index contributed by atoms with van der Waals surface area (Å²) in [5, 5.41) is 18.8. The summed E-state index contributed by atoms with van der Waals surface area (Å²) in [4.78, 5) is 62.5. The smallest absolute Gasteiger partial charge is 0.269 e. The molecular formula is C23H34N6O6. The zero-order valence-electron chi connectivity index (χ0n) is 20.4. The summed E-state index contributed by atoms with van der Waals surface area (Å²) in [6.07, 6.45) is 1.40. The Morgan fingerprint density at radius 1 is 1.09 bits per heavy atom. The summed E-state index contributed by atoms with van der Waals surface area (Å²) in [5.41, 5.74) is 5.80. The highest BCUT2D eigenvalue weighted by atomic mass is 16.6. The van der Waals surface area contributed by atoms with E-state index in [4.69, 9.17) is 5.73 Å². The quantitative estimate of drug-likeness (QED) is 0.278. The molecule has 4 amide bonds. The number of non-ortho nitro benzene ring substituents is 1. The van der Waals surface area contributed by atoms with Crippen LogP contribution in [0, 0.1) is 16.0 Å². The molecule has 1 heterocycles. The van der Waals surface area contributed by atoms with Crippen LogP contribution in [0.2, 0.25) is 0 Å². The standard InChI is InChI=1S/C23H34N6O6/c1-13(2)12-18(21(31)26-16-7-9-17(10-8-16)29(34)35)27-22(32)19-6-5-11-28(19)23(33)15(4)25-20(30)14(3)24/h7-10,13-15,18-19H,5-6,11-12,24H2,1-4H3,(H,25,30)(H,26,31)(H,27,32)/t14-,15-,18-,19-/m0/s1. The van der Waals surface area contributed by atoms with E-state index in [1.807, 2.05) is 13.8 Å². The van der Waals surface area contributed by atoms with Crippen molar-refractivity contribution in [1.82, 2.24) is 15.5 Å². The fourth-order valence-corrected chi connectivity index (χ4v) is 3.83. The van der Waals surface area contributed by atoms with Crippen LogP contribution in [0.1, 0.15) is 47.0 Å². The van der Waals surface area contributed by atoms with Crippen molar-refractivity contribution in [3.63, 3.8) is 0 Å². The predicted molar refractivity (Wildman–Crippen MR) is 129 cm³/mol. The van der Waals surface area contributed by atoms with Gasteiger partial charge in [0.1, 0.15) is 18.1 Å². The molecule has 1 aliphatic heterocycles. The van der Waals surface area contributed by atoms with Crippen molar-refractivity contribution in [3.05, 3.63) is 34.4 Å². The summed E-state index contributed by atoms with van der Waals surface area (Å²) in [6, 6.07) is 2.13. The minimum absolute atomic E-state index is 0.0812. The first-order chi connectivity index (χ1) is 16.4. The van der Waals surface area contributed by atoms with Gasteiger partial charge < -0.3 is 26.6 Å². The number of hydrogen-bond donors (Lipinski definition) is 4. The fourth-order valence-electron chi connectivity index (χ4n) is 3.83. The van der Waals surface area contributed by atoms with Gasteiger partial charge >= 0.3 is 0 Å².